The molecule has 0 bridgehead atoms. The molecule has 20 heavy (non-hydrogen) atoms. The first-order valence-electron chi connectivity index (χ1n) is 7.50. The van der Waals surface area contributed by atoms with E-state index >= 15 is 0 Å². The van der Waals surface area contributed by atoms with E-state index in [9.17, 15) is 9.90 Å². The molecule has 3 heteroatoms. The number of benzene rings is 1. The lowest BCUT2D eigenvalue weighted by atomic mass is 10.0. The van der Waals surface area contributed by atoms with Crippen LogP contribution in [-0.2, 0) is 0 Å². The summed E-state index contributed by atoms with van der Waals surface area (Å²) in [5.74, 6) is 1.16. The second kappa shape index (κ2) is 4.51. The molecule has 0 saturated heterocycles. The molecule has 2 fully saturated rings. The molecule has 0 aliphatic heterocycles. The van der Waals surface area contributed by atoms with Crippen LogP contribution >= 0.6 is 0 Å². The van der Waals surface area contributed by atoms with Crippen molar-refractivity contribution >= 4 is 6.09 Å². The Morgan fingerprint density at radius 3 is 2.15 bits per heavy atom. The minimum Gasteiger partial charge on any atom is -0.465 e. The van der Waals surface area contributed by atoms with Crippen LogP contribution in [0, 0.1) is 0 Å². The molecule has 2 aliphatic rings. The highest BCUT2D eigenvalue weighted by Gasteiger charge is 2.48. The van der Waals surface area contributed by atoms with Gasteiger partial charge in [-0.05, 0) is 57.1 Å². The number of rotatable bonds is 3. The third-order valence-corrected chi connectivity index (χ3v) is 4.43. The Morgan fingerprint density at radius 1 is 1.15 bits per heavy atom. The molecule has 3 nitrogen and oxygen atoms in total. The van der Waals surface area contributed by atoms with Crippen LogP contribution in [0.1, 0.15) is 63.0 Å². The average molecular weight is 273 g/mol. The van der Waals surface area contributed by atoms with E-state index in [2.05, 4.69) is 24.3 Å². The molecule has 0 aromatic heterocycles. The van der Waals surface area contributed by atoms with Crippen molar-refractivity contribution in [2.75, 3.05) is 0 Å². The third-order valence-electron chi connectivity index (χ3n) is 4.43. The predicted octanol–water partition coefficient (Wildman–Crippen LogP) is 4.20. The lowest BCUT2D eigenvalue weighted by molar-refractivity contribution is 0.0940. The maximum atomic E-state index is 11.5. The number of nitrogens with zero attached hydrogens (tertiary/aromatic N) is 1. The van der Waals surface area contributed by atoms with E-state index in [0.29, 0.717) is 5.92 Å². The van der Waals surface area contributed by atoms with Crippen molar-refractivity contribution in [3.05, 3.63) is 35.4 Å². The van der Waals surface area contributed by atoms with Gasteiger partial charge in [-0.25, -0.2) is 4.79 Å². The maximum absolute atomic E-state index is 11.5. The van der Waals surface area contributed by atoms with Crippen LogP contribution in [0.15, 0.2) is 24.3 Å². The summed E-state index contributed by atoms with van der Waals surface area (Å²) < 4.78 is 0. The van der Waals surface area contributed by atoms with Crippen LogP contribution in [0.5, 0.6) is 0 Å². The molecule has 2 saturated carbocycles. The van der Waals surface area contributed by atoms with Gasteiger partial charge in [-0.1, -0.05) is 24.3 Å². The Balaban J connectivity index is 1.72. The van der Waals surface area contributed by atoms with E-state index in [1.165, 1.54) is 24.0 Å². The first kappa shape index (κ1) is 13.5. The zero-order valence-electron chi connectivity index (χ0n) is 12.5. The lowest BCUT2D eigenvalue weighted by Crippen LogP contribution is -2.46. The van der Waals surface area contributed by atoms with Crippen molar-refractivity contribution in [1.29, 1.82) is 0 Å². The summed E-state index contributed by atoms with van der Waals surface area (Å²) in [4.78, 5) is 13.1. The molecular formula is C17H23NO2. The van der Waals surface area contributed by atoms with Gasteiger partial charge in [0, 0.05) is 17.5 Å². The summed E-state index contributed by atoms with van der Waals surface area (Å²) in [5.41, 5.74) is 2.39. The Hall–Kier alpha value is -1.51. The van der Waals surface area contributed by atoms with E-state index in [-0.39, 0.29) is 11.6 Å². The summed E-state index contributed by atoms with van der Waals surface area (Å²) in [6.07, 6.45) is 2.79. The highest BCUT2D eigenvalue weighted by atomic mass is 16.4. The first-order chi connectivity index (χ1) is 9.38. The summed E-state index contributed by atoms with van der Waals surface area (Å²) >= 11 is 0. The van der Waals surface area contributed by atoms with Crippen molar-refractivity contribution in [2.45, 2.75) is 63.5 Å². The van der Waals surface area contributed by atoms with Gasteiger partial charge < -0.3 is 5.11 Å². The van der Waals surface area contributed by atoms with Crippen LogP contribution in [-0.4, -0.2) is 27.7 Å². The summed E-state index contributed by atoms with van der Waals surface area (Å²) in [6, 6.07) is 8.98. The molecule has 0 heterocycles. The monoisotopic (exact) mass is 273 g/mol. The van der Waals surface area contributed by atoms with Crippen molar-refractivity contribution in [1.82, 2.24) is 4.90 Å². The minimum atomic E-state index is -0.806. The molecular weight excluding hydrogens is 250 g/mol. The van der Waals surface area contributed by atoms with Crippen LogP contribution < -0.4 is 0 Å². The van der Waals surface area contributed by atoms with Gasteiger partial charge in [0.25, 0.3) is 0 Å². The molecule has 2 unspecified atom stereocenters. The van der Waals surface area contributed by atoms with Gasteiger partial charge >= 0.3 is 6.09 Å². The molecule has 1 N–H and O–H groups in total. The fraction of sp³-hybridized carbons (Fsp3) is 0.588. The Morgan fingerprint density at radius 2 is 1.70 bits per heavy atom. The van der Waals surface area contributed by atoms with Crippen molar-refractivity contribution in [3.8, 4) is 0 Å². The van der Waals surface area contributed by atoms with Gasteiger partial charge in [0.15, 0.2) is 0 Å². The molecule has 0 radical (unpaired) electrons. The van der Waals surface area contributed by atoms with E-state index < -0.39 is 6.09 Å². The molecule has 3 rings (SSSR count). The van der Waals surface area contributed by atoms with Crippen molar-refractivity contribution in [3.63, 3.8) is 0 Å². The normalized spacial score (nSPS) is 25.4. The van der Waals surface area contributed by atoms with E-state index in [4.69, 9.17) is 0 Å². The Labute approximate surface area is 120 Å². The fourth-order valence-electron chi connectivity index (χ4n) is 3.18. The SMILES string of the molecule is CC(C)(C)N(C(=O)O)C1CC1c1ccc(C2CC2)cc1. The van der Waals surface area contributed by atoms with Gasteiger partial charge in [-0.15, -0.1) is 0 Å². The third kappa shape index (κ3) is 2.54. The van der Waals surface area contributed by atoms with Crippen LogP contribution in [0.3, 0.4) is 0 Å². The molecule has 1 aromatic carbocycles. The largest absolute Gasteiger partial charge is 0.465 e. The van der Waals surface area contributed by atoms with E-state index in [1.807, 2.05) is 20.8 Å². The van der Waals surface area contributed by atoms with Crippen molar-refractivity contribution < 1.29 is 9.90 Å². The molecule has 1 aromatic rings. The molecule has 108 valence electrons. The Bertz CT molecular complexity index is 511. The van der Waals surface area contributed by atoms with E-state index in [0.717, 1.165) is 12.3 Å². The minimum absolute atomic E-state index is 0.138. The van der Waals surface area contributed by atoms with Gasteiger partial charge in [0.1, 0.15) is 0 Å². The Kier molecular flexibility index (Phi) is 3.03. The topological polar surface area (TPSA) is 40.5 Å². The van der Waals surface area contributed by atoms with Crippen molar-refractivity contribution in [2.24, 2.45) is 0 Å². The van der Waals surface area contributed by atoms with E-state index in [1.54, 1.807) is 4.90 Å². The highest BCUT2D eigenvalue weighted by molar-refractivity contribution is 5.67. The quantitative estimate of drug-likeness (QED) is 0.896. The van der Waals surface area contributed by atoms with Crippen LogP contribution in [0.25, 0.3) is 0 Å². The number of hydrogen-bond acceptors (Lipinski definition) is 1. The average Bonchev–Trinajstić information content (AvgIpc) is 3.22. The molecule has 0 spiro atoms. The van der Waals surface area contributed by atoms with Gasteiger partial charge in [-0.2, -0.15) is 0 Å². The number of hydrogen-bond donors (Lipinski definition) is 1. The van der Waals surface area contributed by atoms with Gasteiger partial charge in [0.2, 0.25) is 0 Å². The standard InChI is InChI=1S/C17H23NO2/c1-17(2,3)18(16(19)20)15-10-14(15)13-8-6-12(7-9-13)11-4-5-11/h6-9,11,14-15H,4-5,10H2,1-3H3,(H,19,20). The summed E-state index contributed by atoms with van der Waals surface area (Å²) in [7, 11) is 0. The highest BCUT2D eigenvalue weighted by Crippen LogP contribution is 2.48. The smallest absolute Gasteiger partial charge is 0.408 e. The van der Waals surface area contributed by atoms with Crippen LogP contribution in [0.2, 0.25) is 0 Å². The molecule has 1 amide bonds. The van der Waals surface area contributed by atoms with Gasteiger partial charge in [-0.3, -0.25) is 4.90 Å². The predicted molar refractivity (Wildman–Crippen MR) is 79.2 cm³/mol. The fourth-order valence-corrected chi connectivity index (χ4v) is 3.18. The first-order valence-corrected chi connectivity index (χ1v) is 7.50. The molecule has 2 atom stereocenters. The summed E-state index contributed by atoms with van der Waals surface area (Å²) in [5, 5.41) is 9.44. The number of carbonyl (C=O) groups is 1. The second-order valence-corrected chi connectivity index (χ2v) is 7.17. The zero-order chi connectivity index (χ0) is 14.5. The number of amides is 1. The lowest BCUT2D eigenvalue weighted by Gasteiger charge is -2.33. The van der Waals surface area contributed by atoms with Gasteiger partial charge in [0.05, 0.1) is 0 Å². The summed E-state index contributed by atoms with van der Waals surface area (Å²) in [6.45, 7) is 5.89. The second-order valence-electron chi connectivity index (χ2n) is 7.17. The van der Waals surface area contributed by atoms with Crippen LogP contribution in [0.4, 0.5) is 4.79 Å². The number of carboxylic acid groups (broad SMARTS) is 1. The zero-order valence-corrected chi connectivity index (χ0v) is 12.5. The molecule has 2 aliphatic carbocycles. The maximum Gasteiger partial charge on any atom is 0.408 e.